The summed E-state index contributed by atoms with van der Waals surface area (Å²) in [7, 11) is 0. The highest BCUT2D eigenvalue weighted by molar-refractivity contribution is 7.99. The van der Waals surface area contributed by atoms with Crippen molar-refractivity contribution >= 4 is 50.8 Å². The summed E-state index contributed by atoms with van der Waals surface area (Å²) in [6.07, 6.45) is 0. The molecule has 0 saturated carbocycles. The second-order valence-corrected chi connectivity index (χ2v) is 18.9. The highest BCUT2D eigenvalue weighted by atomic mass is 32.2. The van der Waals surface area contributed by atoms with Crippen LogP contribution in [-0.4, -0.2) is 0 Å². The molecule has 66 heavy (non-hydrogen) atoms. The lowest BCUT2D eigenvalue weighted by Gasteiger charge is -2.40. The van der Waals surface area contributed by atoms with E-state index >= 15 is 0 Å². The molecule has 0 atom stereocenters. The molecule has 10 aromatic carbocycles. The lowest BCUT2D eigenvalue weighted by molar-refractivity contribution is 0.436. The molecule has 0 saturated heterocycles. The lowest BCUT2D eigenvalue weighted by atomic mass is 9.66. The number of ether oxygens (including phenoxy) is 1. The highest BCUT2D eigenvalue weighted by Crippen LogP contribution is 2.66. The van der Waals surface area contributed by atoms with Gasteiger partial charge in [0.25, 0.3) is 0 Å². The summed E-state index contributed by atoms with van der Waals surface area (Å²) in [6, 6.07) is 82.5. The number of benzene rings is 10. The van der Waals surface area contributed by atoms with Gasteiger partial charge in [-0.25, -0.2) is 0 Å². The van der Waals surface area contributed by atoms with Gasteiger partial charge in [0.2, 0.25) is 0 Å². The molecule has 0 N–H and O–H groups in total. The summed E-state index contributed by atoms with van der Waals surface area (Å²) in [5.74, 6) is 1.76. The van der Waals surface area contributed by atoms with Crippen LogP contribution in [0.25, 0.3) is 44.2 Å². The third-order valence-electron chi connectivity index (χ3n) is 14.8. The first-order chi connectivity index (χ1) is 32.7. The zero-order valence-electron chi connectivity index (χ0n) is 35.5. The summed E-state index contributed by atoms with van der Waals surface area (Å²) < 4.78 is 13.7. The van der Waals surface area contributed by atoms with Crippen molar-refractivity contribution in [3.05, 3.63) is 269 Å². The fourth-order valence-corrected chi connectivity index (χ4v) is 13.6. The number of anilines is 3. The Labute approximate surface area is 386 Å². The van der Waals surface area contributed by atoms with Crippen LogP contribution in [0.1, 0.15) is 44.5 Å². The first-order valence-corrected chi connectivity index (χ1v) is 23.5. The monoisotopic (exact) mass is 859 g/mol. The summed E-state index contributed by atoms with van der Waals surface area (Å²) in [5.41, 5.74) is 18.6. The molecular weight excluding hydrogens is 823 g/mol. The van der Waals surface area contributed by atoms with Crippen LogP contribution in [0.4, 0.5) is 17.1 Å². The van der Waals surface area contributed by atoms with Crippen LogP contribution < -0.4 is 9.64 Å². The molecular formula is C62H37NO2S. The fourth-order valence-electron chi connectivity index (χ4n) is 12.4. The standard InChI is InChI=1S/C62H37NO2S/c1-4-21-44-39(17-1)40-36-35-38(37-51(40)62(44)48-25-8-13-33-57(48)66-58-34-14-9-26-49(58)62)63(53-29-15-20-42-41-18-3-10-30-54(41)65-60(42)53)52-28-16-27-50-59(52)43-19-2-5-22-45(43)61(50)46-23-6-11-31-55(46)64-56-32-12-7-24-47(56)61/h1-37H. The van der Waals surface area contributed by atoms with Crippen LogP contribution in [0.15, 0.2) is 239 Å². The molecule has 0 amide bonds. The number of para-hydroxylation sites is 4. The zero-order valence-corrected chi connectivity index (χ0v) is 36.4. The van der Waals surface area contributed by atoms with Crippen molar-refractivity contribution in [1.82, 2.24) is 0 Å². The van der Waals surface area contributed by atoms with Gasteiger partial charge >= 0.3 is 0 Å². The van der Waals surface area contributed by atoms with Gasteiger partial charge in [0.15, 0.2) is 5.58 Å². The SMILES string of the molecule is c1ccc2c(c1)Oc1ccccc1C21c2ccccc2-c2c(N(c3ccc4c(c3)C3(c5ccccc5Sc5ccccc53)c3ccccc3-4)c3cccc4c3oc3ccccc34)cccc21. The van der Waals surface area contributed by atoms with E-state index < -0.39 is 10.8 Å². The van der Waals surface area contributed by atoms with Gasteiger partial charge < -0.3 is 14.1 Å². The average molecular weight is 860 g/mol. The van der Waals surface area contributed by atoms with Crippen LogP contribution in [0.5, 0.6) is 11.5 Å². The van der Waals surface area contributed by atoms with Gasteiger partial charge in [-0.3, -0.25) is 0 Å². The molecule has 15 rings (SSSR count). The van der Waals surface area contributed by atoms with E-state index in [0.29, 0.717) is 0 Å². The van der Waals surface area contributed by atoms with E-state index in [1.165, 1.54) is 65.4 Å². The van der Waals surface area contributed by atoms with Gasteiger partial charge in [-0.1, -0.05) is 182 Å². The molecule has 4 heteroatoms. The van der Waals surface area contributed by atoms with Crippen molar-refractivity contribution in [3.8, 4) is 33.8 Å². The van der Waals surface area contributed by atoms with Crippen LogP contribution >= 0.6 is 11.8 Å². The number of hydrogen-bond donors (Lipinski definition) is 0. The van der Waals surface area contributed by atoms with Crippen LogP contribution in [0, 0.1) is 0 Å². The average Bonchev–Trinajstić information content (AvgIpc) is 4.00. The van der Waals surface area contributed by atoms with Gasteiger partial charge in [-0.2, -0.15) is 0 Å². The summed E-state index contributed by atoms with van der Waals surface area (Å²) in [4.78, 5) is 5.06. The van der Waals surface area contributed by atoms with E-state index in [1.807, 2.05) is 11.8 Å². The second kappa shape index (κ2) is 13.3. The molecule has 3 nitrogen and oxygen atoms in total. The summed E-state index contributed by atoms with van der Waals surface area (Å²) >= 11 is 1.88. The molecule has 0 fully saturated rings. The minimum Gasteiger partial charge on any atom is -0.457 e. The maximum atomic E-state index is 6.98. The predicted molar refractivity (Wildman–Crippen MR) is 267 cm³/mol. The number of fused-ring (bicyclic) bond motifs is 21. The van der Waals surface area contributed by atoms with Gasteiger partial charge in [0, 0.05) is 42.9 Å². The van der Waals surface area contributed by atoms with Gasteiger partial charge in [0.05, 0.1) is 22.2 Å². The van der Waals surface area contributed by atoms with Crippen molar-refractivity contribution in [2.75, 3.05) is 4.90 Å². The molecule has 308 valence electrons. The maximum absolute atomic E-state index is 6.98. The zero-order chi connectivity index (χ0) is 43.1. The minimum absolute atomic E-state index is 0.539. The first-order valence-electron chi connectivity index (χ1n) is 22.7. The largest absolute Gasteiger partial charge is 0.457 e. The van der Waals surface area contributed by atoms with Crippen LogP contribution in [0.3, 0.4) is 0 Å². The lowest BCUT2D eigenvalue weighted by Crippen LogP contribution is -2.32. The van der Waals surface area contributed by atoms with Crippen molar-refractivity contribution in [2.24, 2.45) is 0 Å². The summed E-state index contributed by atoms with van der Waals surface area (Å²) in [6.45, 7) is 0. The molecule has 4 aliphatic rings. The molecule has 3 heterocycles. The number of rotatable bonds is 3. The van der Waals surface area contributed by atoms with Gasteiger partial charge in [0.1, 0.15) is 17.1 Å². The van der Waals surface area contributed by atoms with Gasteiger partial charge in [-0.05, 0) is 105 Å². The molecule has 11 aromatic rings. The smallest absolute Gasteiger partial charge is 0.159 e. The highest BCUT2D eigenvalue weighted by Gasteiger charge is 2.53. The van der Waals surface area contributed by atoms with Crippen molar-refractivity contribution in [1.29, 1.82) is 0 Å². The van der Waals surface area contributed by atoms with Crippen LogP contribution in [0.2, 0.25) is 0 Å². The Morgan fingerprint density at radius 2 is 0.879 bits per heavy atom. The molecule has 1 aromatic heterocycles. The Kier molecular flexibility index (Phi) is 7.29. The molecule has 2 aliphatic heterocycles. The summed E-state index contributed by atoms with van der Waals surface area (Å²) in [5, 5.41) is 2.19. The number of nitrogens with zero attached hydrogens (tertiary/aromatic N) is 1. The molecule has 2 spiro atoms. The van der Waals surface area contributed by atoms with Crippen molar-refractivity contribution in [2.45, 2.75) is 20.6 Å². The molecule has 0 unspecified atom stereocenters. The van der Waals surface area contributed by atoms with Gasteiger partial charge in [-0.15, -0.1) is 0 Å². The Morgan fingerprint density at radius 3 is 1.62 bits per heavy atom. The second-order valence-electron chi connectivity index (χ2n) is 17.8. The topological polar surface area (TPSA) is 25.6 Å². The third-order valence-corrected chi connectivity index (χ3v) is 16.0. The third kappa shape index (κ3) is 4.49. The first kappa shape index (κ1) is 36.3. The minimum atomic E-state index is -0.624. The molecule has 0 bridgehead atoms. The van der Waals surface area contributed by atoms with Crippen LogP contribution in [-0.2, 0) is 10.8 Å². The quantitative estimate of drug-likeness (QED) is 0.177. The van der Waals surface area contributed by atoms with E-state index in [2.05, 4.69) is 229 Å². The Hall–Kier alpha value is -8.05. The number of hydrogen-bond acceptors (Lipinski definition) is 4. The predicted octanol–water partition coefficient (Wildman–Crippen LogP) is 16.4. The molecule has 2 aliphatic carbocycles. The maximum Gasteiger partial charge on any atom is 0.159 e. The van der Waals surface area contributed by atoms with E-state index in [0.717, 1.165) is 61.6 Å². The van der Waals surface area contributed by atoms with E-state index in [1.54, 1.807) is 0 Å². The Morgan fingerprint density at radius 1 is 0.364 bits per heavy atom. The van der Waals surface area contributed by atoms with Crippen molar-refractivity contribution < 1.29 is 9.15 Å². The Bertz CT molecular complexity index is 3790. The van der Waals surface area contributed by atoms with E-state index in [4.69, 9.17) is 9.15 Å². The van der Waals surface area contributed by atoms with E-state index in [9.17, 15) is 0 Å². The van der Waals surface area contributed by atoms with E-state index in [-0.39, 0.29) is 0 Å². The van der Waals surface area contributed by atoms with Crippen molar-refractivity contribution in [3.63, 3.8) is 0 Å². The fraction of sp³-hybridized carbons (Fsp3) is 0.0323. The molecule has 0 radical (unpaired) electrons. The normalized spacial score (nSPS) is 14.7. The number of furan rings is 1. The Balaban J connectivity index is 1.07.